The van der Waals surface area contributed by atoms with Gasteiger partial charge >= 0.3 is 0 Å². The molecule has 0 spiro atoms. The Kier molecular flexibility index (Phi) is 5.93. The molecule has 3 rings (SSSR count). The van der Waals surface area contributed by atoms with E-state index in [1.165, 1.54) is 56.9 Å². The summed E-state index contributed by atoms with van der Waals surface area (Å²) in [6, 6.07) is 6.29. The average molecular weight is 318 g/mol. The second-order valence-electron chi connectivity index (χ2n) is 7.44. The lowest BCUT2D eigenvalue weighted by molar-refractivity contribution is 0.279. The molecule has 2 fully saturated rings. The van der Waals surface area contributed by atoms with Crippen molar-refractivity contribution in [2.75, 3.05) is 18.0 Å². The summed E-state index contributed by atoms with van der Waals surface area (Å²) in [5.41, 5.74) is 2.02. The Morgan fingerprint density at radius 1 is 1.04 bits per heavy atom. The van der Waals surface area contributed by atoms with E-state index in [0.29, 0.717) is 6.04 Å². The van der Waals surface area contributed by atoms with E-state index in [1.54, 1.807) is 6.07 Å². The average Bonchev–Trinajstić information content (AvgIpc) is 2.84. The molecule has 1 heterocycles. The summed E-state index contributed by atoms with van der Waals surface area (Å²) in [7, 11) is 0. The highest BCUT2D eigenvalue weighted by Crippen LogP contribution is 2.26. The molecule has 1 N–H and O–H groups in total. The van der Waals surface area contributed by atoms with Gasteiger partial charge in [-0.25, -0.2) is 4.39 Å². The van der Waals surface area contributed by atoms with Crippen molar-refractivity contribution >= 4 is 5.69 Å². The van der Waals surface area contributed by atoms with Crippen molar-refractivity contribution in [1.82, 2.24) is 5.32 Å². The van der Waals surface area contributed by atoms with Gasteiger partial charge in [0.25, 0.3) is 0 Å². The smallest absolute Gasteiger partial charge is 0.146 e. The quantitative estimate of drug-likeness (QED) is 0.851. The summed E-state index contributed by atoms with van der Waals surface area (Å²) in [4.78, 5) is 2.25. The van der Waals surface area contributed by atoms with Crippen LogP contribution in [0.5, 0.6) is 0 Å². The van der Waals surface area contributed by atoms with E-state index < -0.39 is 0 Å². The lowest BCUT2D eigenvalue weighted by Crippen LogP contribution is -2.36. The predicted molar refractivity (Wildman–Crippen MR) is 95.3 cm³/mol. The third-order valence-corrected chi connectivity index (χ3v) is 5.64. The third-order valence-electron chi connectivity index (χ3n) is 5.64. The van der Waals surface area contributed by atoms with Crippen LogP contribution in [0, 0.1) is 11.7 Å². The highest BCUT2D eigenvalue weighted by atomic mass is 19.1. The zero-order valence-electron chi connectivity index (χ0n) is 14.5. The van der Waals surface area contributed by atoms with Crippen LogP contribution in [0.15, 0.2) is 18.2 Å². The van der Waals surface area contributed by atoms with Gasteiger partial charge in [-0.3, -0.25) is 0 Å². The van der Waals surface area contributed by atoms with Gasteiger partial charge in [0.1, 0.15) is 5.82 Å². The minimum absolute atomic E-state index is 0.0679. The number of benzene rings is 1. The lowest BCUT2D eigenvalue weighted by Gasteiger charge is -2.30. The normalized spacial score (nSPS) is 26.1. The molecule has 128 valence electrons. The molecule has 0 amide bonds. The first kappa shape index (κ1) is 16.8. The molecule has 0 aromatic heterocycles. The van der Waals surface area contributed by atoms with Crippen LogP contribution in [0.25, 0.3) is 0 Å². The van der Waals surface area contributed by atoms with E-state index in [-0.39, 0.29) is 5.82 Å². The Morgan fingerprint density at radius 2 is 1.78 bits per heavy atom. The molecule has 1 aliphatic carbocycles. The Labute approximate surface area is 140 Å². The van der Waals surface area contributed by atoms with Gasteiger partial charge in [0.2, 0.25) is 0 Å². The molecule has 1 aromatic carbocycles. The maximum atomic E-state index is 14.3. The molecule has 2 aliphatic rings. The number of hydrogen-bond acceptors (Lipinski definition) is 2. The molecule has 1 aliphatic heterocycles. The number of anilines is 1. The molecule has 1 saturated carbocycles. The Hall–Kier alpha value is -1.09. The standard InChI is InChI=1S/C20H31FN2/c1-16-8-4-5-9-19(16)22-15-17-10-11-18(21)20(14-17)23-12-6-2-3-7-13-23/h10-11,14,16,19,22H,2-9,12-13,15H2,1H3. The Bertz CT molecular complexity index is 494. The van der Waals surface area contributed by atoms with Crippen molar-refractivity contribution in [2.24, 2.45) is 5.92 Å². The molecule has 0 bridgehead atoms. The monoisotopic (exact) mass is 318 g/mol. The molecular formula is C20H31FN2. The first-order valence-electron chi connectivity index (χ1n) is 9.51. The minimum atomic E-state index is -0.0679. The van der Waals surface area contributed by atoms with E-state index in [4.69, 9.17) is 0 Å². The first-order chi connectivity index (χ1) is 11.2. The largest absolute Gasteiger partial charge is 0.369 e. The van der Waals surface area contributed by atoms with Gasteiger partial charge in [-0.1, -0.05) is 38.7 Å². The van der Waals surface area contributed by atoms with Gasteiger partial charge in [-0.05, 0) is 49.3 Å². The van der Waals surface area contributed by atoms with Gasteiger partial charge < -0.3 is 10.2 Å². The van der Waals surface area contributed by atoms with Gasteiger partial charge in [-0.15, -0.1) is 0 Å². The summed E-state index contributed by atoms with van der Waals surface area (Å²) in [6.45, 7) is 5.20. The highest BCUT2D eigenvalue weighted by Gasteiger charge is 2.21. The van der Waals surface area contributed by atoms with Gasteiger partial charge in [0.05, 0.1) is 5.69 Å². The fraction of sp³-hybridized carbons (Fsp3) is 0.700. The maximum Gasteiger partial charge on any atom is 0.146 e. The van der Waals surface area contributed by atoms with Gasteiger partial charge in [0, 0.05) is 25.7 Å². The molecule has 0 radical (unpaired) electrons. The highest BCUT2D eigenvalue weighted by molar-refractivity contribution is 5.50. The van der Waals surface area contributed by atoms with E-state index in [9.17, 15) is 4.39 Å². The van der Waals surface area contributed by atoms with Crippen LogP contribution >= 0.6 is 0 Å². The Balaban J connectivity index is 1.64. The SMILES string of the molecule is CC1CCCCC1NCc1ccc(F)c(N2CCCCCC2)c1. The fourth-order valence-corrected chi connectivity index (χ4v) is 4.09. The van der Waals surface area contributed by atoms with Crippen LogP contribution in [0.4, 0.5) is 10.1 Å². The predicted octanol–water partition coefficient (Wildman–Crippen LogP) is 4.87. The van der Waals surface area contributed by atoms with E-state index in [1.807, 2.05) is 6.07 Å². The van der Waals surface area contributed by atoms with Crippen molar-refractivity contribution in [3.05, 3.63) is 29.6 Å². The third kappa shape index (κ3) is 4.47. The second kappa shape index (κ2) is 8.14. The molecule has 3 heteroatoms. The summed E-state index contributed by atoms with van der Waals surface area (Å²) in [5.74, 6) is 0.691. The van der Waals surface area contributed by atoms with Crippen LogP contribution in [-0.4, -0.2) is 19.1 Å². The number of nitrogens with zero attached hydrogens (tertiary/aromatic N) is 1. The zero-order valence-corrected chi connectivity index (χ0v) is 14.5. The van der Waals surface area contributed by atoms with E-state index in [0.717, 1.165) is 31.2 Å². The van der Waals surface area contributed by atoms with E-state index >= 15 is 0 Å². The summed E-state index contributed by atoms with van der Waals surface area (Å²) in [5, 5.41) is 3.71. The molecule has 1 saturated heterocycles. The number of hydrogen-bond donors (Lipinski definition) is 1. The molecule has 2 atom stereocenters. The summed E-state index contributed by atoms with van der Waals surface area (Å²) in [6.07, 6.45) is 10.2. The van der Waals surface area contributed by atoms with Crippen molar-refractivity contribution in [1.29, 1.82) is 0 Å². The van der Waals surface area contributed by atoms with Crippen LogP contribution in [0.3, 0.4) is 0 Å². The van der Waals surface area contributed by atoms with E-state index in [2.05, 4.69) is 23.2 Å². The van der Waals surface area contributed by atoms with Crippen molar-refractivity contribution in [3.63, 3.8) is 0 Å². The maximum absolute atomic E-state index is 14.3. The van der Waals surface area contributed by atoms with Gasteiger partial charge in [0.15, 0.2) is 0 Å². The molecule has 1 aromatic rings. The number of nitrogens with one attached hydrogen (secondary N) is 1. The first-order valence-corrected chi connectivity index (χ1v) is 9.51. The van der Waals surface area contributed by atoms with Crippen molar-refractivity contribution < 1.29 is 4.39 Å². The topological polar surface area (TPSA) is 15.3 Å². The number of rotatable bonds is 4. The summed E-state index contributed by atoms with van der Waals surface area (Å²) < 4.78 is 14.3. The second-order valence-corrected chi connectivity index (χ2v) is 7.44. The molecule has 2 nitrogen and oxygen atoms in total. The van der Waals surface area contributed by atoms with Gasteiger partial charge in [-0.2, -0.15) is 0 Å². The van der Waals surface area contributed by atoms with Crippen LogP contribution < -0.4 is 10.2 Å². The molecule has 2 unspecified atom stereocenters. The zero-order chi connectivity index (χ0) is 16.1. The van der Waals surface area contributed by atoms with Crippen molar-refractivity contribution in [3.8, 4) is 0 Å². The molecule has 23 heavy (non-hydrogen) atoms. The number of halogens is 1. The summed E-state index contributed by atoms with van der Waals surface area (Å²) >= 11 is 0. The minimum Gasteiger partial charge on any atom is -0.369 e. The molecular weight excluding hydrogens is 287 g/mol. The van der Waals surface area contributed by atoms with Crippen LogP contribution in [0.1, 0.15) is 63.9 Å². The van der Waals surface area contributed by atoms with Crippen molar-refractivity contribution in [2.45, 2.75) is 70.9 Å². The lowest BCUT2D eigenvalue weighted by atomic mass is 9.86. The fourth-order valence-electron chi connectivity index (χ4n) is 4.09. The van der Waals surface area contributed by atoms with Crippen LogP contribution in [0.2, 0.25) is 0 Å². The Morgan fingerprint density at radius 3 is 2.52 bits per heavy atom. The van der Waals surface area contributed by atoms with Crippen LogP contribution in [-0.2, 0) is 6.54 Å².